The lowest BCUT2D eigenvalue weighted by molar-refractivity contribution is -0.118. The fourth-order valence-electron chi connectivity index (χ4n) is 2.02. The summed E-state index contributed by atoms with van der Waals surface area (Å²) in [7, 11) is 0. The molecule has 2 N–H and O–H groups in total. The lowest BCUT2D eigenvalue weighted by Crippen LogP contribution is -2.25. The fraction of sp³-hybridized carbons (Fsp3) is 0.214. The molecule has 1 aromatic heterocycles. The van der Waals surface area contributed by atoms with Gasteiger partial charge in [0.25, 0.3) is 5.91 Å². The zero-order valence-electron chi connectivity index (χ0n) is 11.0. The average molecular weight is 270 g/mol. The standard InChI is InChI=1S/C14H14N4O2/c1-9(12-7-15-4-5-16-12)17-10-2-3-11-13(6-10)20-8-14(19)18-11/h2-7,9,17H,8H2,1H3,(H,18,19)/t9-/m1/s1. The largest absolute Gasteiger partial charge is 0.482 e. The van der Waals surface area contributed by atoms with Crippen molar-refractivity contribution in [1.82, 2.24) is 9.97 Å². The van der Waals surface area contributed by atoms with Crippen LogP contribution in [-0.4, -0.2) is 22.5 Å². The number of hydrogen-bond donors (Lipinski definition) is 2. The summed E-state index contributed by atoms with van der Waals surface area (Å²) in [4.78, 5) is 19.5. The highest BCUT2D eigenvalue weighted by molar-refractivity contribution is 5.95. The summed E-state index contributed by atoms with van der Waals surface area (Å²) in [6.07, 6.45) is 5.04. The van der Waals surface area contributed by atoms with Gasteiger partial charge in [-0.1, -0.05) is 0 Å². The number of carbonyl (C=O) groups excluding carboxylic acids is 1. The zero-order chi connectivity index (χ0) is 13.9. The van der Waals surface area contributed by atoms with Crippen LogP contribution in [0.5, 0.6) is 5.75 Å². The van der Waals surface area contributed by atoms with E-state index in [4.69, 9.17) is 4.74 Å². The molecule has 20 heavy (non-hydrogen) atoms. The lowest BCUT2D eigenvalue weighted by atomic mass is 10.2. The van der Waals surface area contributed by atoms with Crippen LogP contribution in [0.15, 0.2) is 36.8 Å². The Balaban J connectivity index is 1.77. The molecular weight excluding hydrogens is 256 g/mol. The molecule has 0 spiro atoms. The Morgan fingerprint density at radius 3 is 3.10 bits per heavy atom. The first-order valence-electron chi connectivity index (χ1n) is 6.31. The first-order valence-corrected chi connectivity index (χ1v) is 6.31. The van der Waals surface area contributed by atoms with Gasteiger partial charge in [0.05, 0.1) is 23.6 Å². The Morgan fingerprint density at radius 1 is 1.40 bits per heavy atom. The number of carbonyl (C=O) groups is 1. The lowest BCUT2D eigenvalue weighted by Gasteiger charge is -2.20. The van der Waals surface area contributed by atoms with Crippen LogP contribution in [0.1, 0.15) is 18.7 Å². The number of nitrogens with zero attached hydrogens (tertiary/aromatic N) is 2. The number of aromatic nitrogens is 2. The molecule has 0 unspecified atom stereocenters. The summed E-state index contributed by atoms with van der Waals surface area (Å²) in [5.74, 6) is 0.534. The SMILES string of the molecule is C[C@@H](Nc1ccc2c(c1)OCC(=O)N2)c1cnccn1. The topological polar surface area (TPSA) is 76.1 Å². The Bertz CT molecular complexity index is 630. The van der Waals surface area contributed by atoms with E-state index in [1.54, 1.807) is 18.6 Å². The van der Waals surface area contributed by atoms with Gasteiger partial charge in [0.2, 0.25) is 0 Å². The van der Waals surface area contributed by atoms with Crippen LogP contribution in [-0.2, 0) is 4.79 Å². The van der Waals surface area contributed by atoms with Crippen molar-refractivity contribution in [2.24, 2.45) is 0 Å². The molecule has 0 saturated heterocycles. The van der Waals surface area contributed by atoms with E-state index < -0.39 is 0 Å². The molecule has 0 bridgehead atoms. The third-order valence-electron chi connectivity index (χ3n) is 3.02. The summed E-state index contributed by atoms with van der Waals surface area (Å²) in [6.45, 7) is 2.06. The summed E-state index contributed by atoms with van der Waals surface area (Å²) in [5.41, 5.74) is 2.46. The number of fused-ring (bicyclic) bond motifs is 1. The molecule has 0 radical (unpaired) electrons. The van der Waals surface area contributed by atoms with Crippen molar-refractivity contribution in [3.8, 4) is 5.75 Å². The van der Waals surface area contributed by atoms with E-state index in [0.717, 1.165) is 11.4 Å². The van der Waals surface area contributed by atoms with Gasteiger partial charge < -0.3 is 15.4 Å². The summed E-state index contributed by atoms with van der Waals surface area (Å²) in [6, 6.07) is 5.60. The van der Waals surface area contributed by atoms with Crippen LogP contribution in [0.2, 0.25) is 0 Å². The van der Waals surface area contributed by atoms with E-state index in [2.05, 4.69) is 20.6 Å². The smallest absolute Gasteiger partial charge is 0.262 e. The van der Waals surface area contributed by atoms with Gasteiger partial charge in [0.1, 0.15) is 5.75 Å². The summed E-state index contributed by atoms with van der Waals surface area (Å²) in [5, 5.41) is 6.08. The molecule has 2 aromatic rings. The molecule has 1 aliphatic rings. The normalized spacial score (nSPS) is 14.8. The van der Waals surface area contributed by atoms with E-state index in [9.17, 15) is 4.79 Å². The van der Waals surface area contributed by atoms with Crippen molar-refractivity contribution < 1.29 is 9.53 Å². The van der Waals surface area contributed by atoms with E-state index in [1.807, 2.05) is 25.1 Å². The van der Waals surface area contributed by atoms with Crippen molar-refractivity contribution in [2.75, 3.05) is 17.2 Å². The Kier molecular flexibility index (Phi) is 3.20. The second-order valence-corrected chi connectivity index (χ2v) is 4.54. The molecule has 6 heteroatoms. The minimum Gasteiger partial charge on any atom is -0.482 e. The van der Waals surface area contributed by atoms with Crippen LogP contribution in [0.3, 0.4) is 0 Å². The zero-order valence-corrected chi connectivity index (χ0v) is 11.0. The van der Waals surface area contributed by atoms with Crippen molar-refractivity contribution >= 4 is 17.3 Å². The Morgan fingerprint density at radius 2 is 2.30 bits per heavy atom. The molecular formula is C14H14N4O2. The number of ether oxygens (including phenoxy) is 1. The van der Waals surface area contributed by atoms with Gasteiger partial charge in [-0.2, -0.15) is 0 Å². The first-order chi connectivity index (χ1) is 9.72. The van der Waals surface area contributed by atoms with Crippen LogP contribution < -0.4 is 15.4 Å². The second-order valence-electron chi connectivity index (χ2n) is 4.54. The van der Waals surface area contributed by atoms with Crippen LogP contribution in [0.4, 0.5) is 11.4 Å². The number of amides is 1. The third-order valence-corrected chi connectivity index (χ3v) is 3.02. The first kappa shape index (κ1) is 12.4. The van der Waals surface area contributed by atoms with Crippen LogP contribution in [0, 0.1) is 0 Å². The monoisotopic (exact) mass is 270 g/mol. The highest BCUT2D eigenvalue weighted by Gasteiger charge is 2.16. The summed E-state index contributed by atoms with van der Waals surface area (Å²) < 4.78 is 5.38. The molecule has 6 nitrogen and oxygen atoms in total. The van der Waals surface area contributed by atoms with E-state index in [-0.39, 0.29) is 18.6 Å². The minimum atomic E-state index is -0.133. The maximum Gasteiger partial charge on any atom is 0.262 e. The number of nitrogens with one attached hydrogen (secondary N) is 2. The average Bonchev–Trinajstić information content (AvgIpc) is 2.48. The Hall–Kier alpha value is -2.63. The maximum absolute atomic E-state index is 11.2. The molecule has 0 fully saturated rings. The van der Waals surface area contributed by atoms with Crippen LogP contribution >= 0.6 is 0 Å². The molecule has 1 amide bonds. The molecule has 1 aromatic carbocycles. The predicted molar refractivity (Wildman–Crippen MR) is 74.6 cm³/mol. The van der Waals surface area contributed by atoms with Gasteiger partial charge in [-0.25, -0.2) is 0 Å². The van der Waals surface area contributed by atoms with Crippen molar-refractivity contribution in [2.45, 2.75) is 13.0 Å². The van der Waals surface area contributed by atoms with Gasteiger partial charge >= 0.3 is 0 Å². The number of benzene rings is 1. The maximum atomic E-state index is 11.2. The van der Waals surface area contributed by atoms with Crippen LogP contribution in [0.25, 0.3) is 0 Å². The van der Waals surface area contributed by atoms with E-state index in [1.165, 1.54) is 0 Å². The molecule has 102 valence electrons. The molecule has 2 heterocycles. The van der Waals surface area contributed by atoms with Gasteiger partial charge in [0.15, 0.2) is 6.61 Å². The molecule has 1 atom stereocenters. The number of anilines is 2. The van der Waals surface area contributed by atoms with E-state index in [0.29, 0.717) is 11.4 Å². The van der Waals surface area contributed by atoms with Gasteiger partial charge in [-0.15, -0.1) is 0 Å². The minimum absolute atomic E-state index is 0.0277. The van der Waals surface area contributed by atoms with E-state index >= 15 is 0 Å². The van der Waals surface area contributed by atoms with Crippen molar-refractivity contribution in [3.63, 3.8) is 0 Å². The highest BCUT2D eigenvalue weighted by atomic mass is 16.5. The van der Waals surface area contributed by atoms with Crippen molar-refractivity contribution in [3.05, 3.63) is 42.5 Å². The second kappa shape index (κ2) is 5.16. The molecule has 0 aliphatic carbocycles. The fourth-order valence-corrected chi connectivity index (χ4v) is 2.02. The van der Waals surface area contributed by atoms with Gasteiger partial charge in [-0.3, -0.25) is 14.8 Å². The quantitative estimate of drug-likeness (QED) is 0.892. The third kappa shape index (κ3) is 2.54. The molecule has 3 rings (SSSR count). The predicted octanol–water partition coefficient (Wildman–Crippen LogP) is 1.98. The number of rotatable bonds is 3. The Labute approximate surface area is 116 Å². The van der Waals surface area contributed by atoms with Gasteiger partial charge in [0, 0.05) is 24.1 Å². The summed E-state index contributed by atoms with van der Waals surface area (Å²) >= 11 is 0. The van der Waals surface area contributed by atoms with Crippen molar-refractivity contribution in [1.29, 1.82) is 0 Å². The number of hydrogen-bond acceptors (Lipinski definition) is 5. The molecule has 0 saturated carbocycles. The molecule has 1 aliphatic heterocycles. The van der Waals surface area contributed by atoms with Gasteiger partial charge in [-0.05, 0) is 19.1 Å². The highest BCUT2D eigenvalue weighted by Crippen LogP contribution is 2.31.